The van der Waals surface area contributed by atoms with Gasteiger partial charge < -0.3 is 0 Å². The average molecular weight is 152 g/mol. The van der Waals surface area contributed by atoms with E-state index >= 15 is 0 Å². The molecule has 10 heavy (non-hydrogen) atoms. The van der Waals surface area contributed by atoms with Crippen molar-refractivity contribution in [2.45, 2.75) is 6.18 Å². The maximum atomic E-state index is 11.3. The molecule has 0 heterocycles. The number of alkyl halides is 3. The predicted molar refractivity (Wildman–Crippen MR) is 26.3 cm³/mol. The zero-order chi connectivity index (χ0) is 8.36. The van der Waals surface area contributed by atoms with Crippen LogP contribution in [0.4, 0.5) is 13.2 Å². The Morgan fingerprint density at radius 3 is 1.80 bits per heavy atom. The van der Waals surface area contributed by atoms with Gasteiger partial charge in [-0.1, -0.05) is 6.58 Å². The van der Waals surface area contributed by atoms with Gasteiger partial charge in [0.1, 0.15) is 0 Å². The van der Waals surface area contributed by atoms with Crippen LogP contribution in [-0.4, -0.2) is 17.7 Å². The number of allylic oxidation sites excluding steroid dienone is 1. The number of ketones is 2. The number of carbonyl (C=O) groups is 2. The third-order valence-corrected chi connectivity index (χ3v) is 0.667. The minimum Gasteiger partial charge on any atom is -0.286 e. The second kappa shape index (κ2) is 2.64. The lowest BCUT2D eigenvalue weighted by Crippen LogP contribution is -2.29. The molecule has 0 aliphatic carbocycles. The van der Waals surface area contributed by atoms with Crippen LogP contribution in [0.15, 0.2) is 12.7 Å². The summed E-state index contributed by atoms with van der Waals surface area (Å²) < 4.78 is 33.8. The van der Waals surface area contributed by atoms with Gasteiger partial charge in [0.15, 0.2) is 0 Å². The molecule has 0 aromatic carbocycles. The van der Waals surface area contributed by atoms with E-state index in [1.165, 1.54) is 0 Å². The van der Waals surface area contributed by atoms with E-state index < -0.39 is 17.7 Å². The molecule has 0 amide bonds. The van der Waals surface area contributed by atoms with Gasteiger partial charge in [0, 0.05) is 0 Å². The topological polar surface area (TPSA) is 34.1 Å². The number of carbonyl (C=O) groups excluding carboxylic acids is 2. The van der Waals surface area contributed by atoms with E-state index in [1.54, 1.807) is 0 Å². The summed E-state index contributed by atoms with van der Waals surface area (Å²) in [5.41, 5.74) is 0. The summed E-state index contributed by atoms with van der Waals surface area (Å²) in [6.07, 6.45) is -4.75. The van der Waals surface area contributed by atoms with Crippen molar-refractivity contribution in [2.75, 3.05) is 0 Å². The fourth-order valence-electron chi connectivity index (χ4n) is 0.232. The molecule has 0 aliphatic heterocycles. The third kappa shape index (κ3) is 2.00. The smallest absolute Gasteiger partial charge is 0.286 e. The maximum Gasteiger partial charge on any atom is 0.458 e. The van der Waals surface area contributed by atoms with Crippen LogP contribution in [0, 0.1) is 0 Å². The monoisotopic (exact) mass is 152 g/mol. The molecule has 0 rings (SSSR count). The second-order valence-corrected chi connectivity index (χ2v) is 1.40. The van der Waals surface area contributed by atoms with E-state index in [0.717, 1.165) is 0 Å². The lowest BCUT2D eigenvalue weighted by atomic mass is 10.2. The largest absolute Gasteiger partial charge is 0.458 e. The molecule has 0 spiro atoms. The van der Waals surface area contributed by atoms with Gasteiger partial charge in [0.05, 0.1) is 0 Å². The Kier molecular flexibility index (Phi) is 2.34. The molecule has 0 unspecified atom stereocenters. The number of hydrogen-bond acceptors (Lipinski definition) is 2. The molecule has 5 heteroatoms. The summed E-state index contributed by atoms with van der Waals surface area (Å²) in [5, 5.41) is 0. The molecule has 0 radical (unpaired) electrons. The molecule has 0 aromatic heterocycles. The average Bonchev–Trinajstić information content (AvgIpc) is 1.83. The van der Waals surface area contributed by atoms with Crippen molar-refractivity contribution in [3.63, 3.8) is 0 Å². The minimum atomic E-state index is -5.08. The van der Waals surface area contributed by atoms with E-state index in [2.05, 4.69) is 6.58 Å². The molecule has 0 saturated carbocycles. The van der Waals surface area contributed by atoms with Gasteiger partial charge in [-0.3, -0.25) is 9.59 Å². The Bertz CT molecular complexity index is 180. The van der Waals surface area contributed by atoms with E-state index in [1.807, 2.05) is 0 Å². The molecule has 0 aliphatic rings. The quantitative estimate of drug-likeness (QED) is 0.434. The Labute approximate surface area is 54.3 Å². The van der Waals surface area contributed by atoms with Crippen LogP contribution in [0.3, 0.4) is 0 Å². The van der Waals surface area contributed by atoms with Crippen molar-refractivity contribution in [1.82, 2.24) is 0 Å². The Morgan fingerprint density at radius 2 is 1.70 bits per heavy atom. The van der Waals surface area contributed by atoms with Gasteiger partial charge in [-0.2, -0.15) is 13.2 Å². The fourth-order valence-corrected chi connectivity index (χ4v) is 0.232. The molecule has 0 bridgehead atoms. The zero-order valence-corrected chi connectivity index (χ0v) is 4.73. The Morgan fingerprint density at radius 1 is 1.30 bits per heavy atom. The van der Waals surface area contributed by atoms with Crippen molar-refractivity contribution in [1.29, 1.82) is 0 Å². The first kappa shape index (κ1) is 8.87. The van der Waals surface area contributed by atoms with E-state index in [9.17, 15) is 22.8 Å². The summed E-state index contributed by atoms with van der Waals surface area (Å²) in [7, 11) is 0. The number of rotatable bonds is 2. The van der Waals surface area contributed by atoms with Gasteiger partial charge in [-0.15, -0.1) is 0 Å². The molecule has 0 N–H and O–H groups in total. The number of halogens is 3. The van der Waals surface area contributed by atoms with Gasteiger partial charge in [0.25, 0.3) is 0 Å². The van der Waals surface area contributed by atoms with Gasteiger partial charge in [-0.25, -0.2) is 0 Å². The fraction of sp³-hybridized carbons (Fsp3) is 0.200. The van der Waals surface area contributed by atoms with Gasteiger partial charge >= 0.3 is 12.0 Å². The Balaban J connectivity index is 4.38. The van der Waals surface area contributed by atoms with E-state index in [0.29, 0.717) is 6.08 Å². The van der Waals surface area contributed by atoms with Crippen LogP contribution in [-0.2, 0) is 9.59 Å². The Hall–Kier alpha value is -1.13. The van der Waals surface area contributed by atoms with Crippen molar-refractivity contribution >= 4 is 11.6 Å². The molecule has 0 fully saturated rings. The highest BCUT2D eigenvalue weighted by Crippen LogP contribution is 2.16. The first-order valence-corrected chi connectivity index (χ1v) is 2.17. The van der Waals surface area contributed by atoms with E-state index in [4.69, 9.17) is 0 Å². The molecule has 0 saturated heterocycles. The lowest BCUT2D eigenvalue weighted by molar-refractivity contribution is -0.173. The standard InChI is InChI=1S/C5H3F3O2/c1-2-3(9)4(10)5(6,7)8/h2H,1H2. The first-order valence-electron chi connectivity index (χ1n) is 2.17. The summed E-state index contributed by atoms with van der Waals surface area (Å²) in [4.78, 5) is 19.8. The molecular weight excluding hydrogens is 149 g/mol. The predicted octanol–water partition coefficient (Wildman–Crippen LogP) is 0.873. The van der Waals surface area contributed by atoms with Crippen LogP contribution in [0.5, 0.6) is 0 Å². The highest BCUT2D eigenvalue weighted by molar-refractivity contribution is 6.43. The van der Waals surface area contributed by atoms with Crippen LogP contribution in [0.2, 0.25) is 0 Å². The van der Waals surface area contributed by atoms with E-state index in [-0.39, 0.29) is 0 Å². The van der Waals surface area contributed by atoms with Crippen molar-refractivity contribution < 1.29 is 22.8 Å². The van der Waals surface area contributed by atoms with Crippen LogP contribution in [0.25, 0.3) is 0 Å². The molecule has 2 nitrogen and oxygen atoms in total. The van der Waals surface area contributed by atoms with Crippen molar-refractivity contribution in [3.8, 4) is 0 Å². The minimum absolute atomic E-state index is 0.329. The summed E-state index contributed by atoms with van der Waals surface area (Å²) in [6, 6.07) is 0. The van der Waals surface area contributed by atoms with Crippen LogP contribution in [0.1, 0.15) is 0 Å². The summed E-state index contributed by atoms with van der Waals surface area (Å²) in [5.74, 6) is -4.02. The van der Waals surface area contributed by atoms with Gasteiger partial charge in [0.2, 0.25) is 5.78 Å². The summed E-state index contributed by atoms with van der Waals surface area (Å²) in [6.45, 7) is 2.72. The molecule has 0 atom stereocenters. The third-order valence-electron chi connectivity index (χ3n) is 0.667. The van der Waals surface area contributed by atoms with Crippen LogP contribution >= 0.6 is 0 Å². The molecule has 0 aromatic rings. The first-order chi connectivity index (χ1) is 4.39. The normalized spacial score (nSPS) is 10.7. The lowest BCUT2D eigenvalue weighted by Gasteiger charge is -1.99. The summed E-state index contributed by atoms with van der Waals surface area (Å²) >= 11 is 0. The highest BCUT2D eigenvalue weighted by atomic mass is 19.4. The van der Waals surface area contributed by atoms with Crippen molar-refractivity contribution in [2.24, 2.45) is 0 Å². The maximum absolute atomic E-state index is 11.3. The second-order valence-electron chi connectivity index (χ2n) is 1.40. The van der Waals surface area contributed by atoms with Crippen molar-refractivity contribution in [3.05, 3.63) is 12.7 Å². The van der Waals surface area contributed by atoms with Crippen LogP contribution < -0.4 is 0 Å². The SMILES string of the molecule is C=CC(=O)C(=O)C(F)(F)F. The zero-order valence-electron chi connectivity index (χ0n) is 4.73. The number of hydrogen-bond donors (Lipinski definition) is 0. The van der Waals surface area contributed by atoms with Gasteiger partial charge in [-0.05, 0) is 6.08 Å². The molecule has 56 valence electrons. The highest BCUT2D eigenvalue weighted by Gasteiger charge is 2.41. The molecular formula is C5H3F3O2. The number of Topliss-reactive ketones (excluding diaryl/α,β-unsaturated/α-hetero) is 1.